The molecule has 1 N–H and O–H groups in total. The zero-order valence-electron chi connectivity index (χ0n) is 10.8. The monoisotopic (exact) mass is 282 g/mol. The maximum Gasteiger partial charge on any atom is 0.344 e. The molecule has 1 atom stereocenters. The molecule has 1 aromatic carbocycles. The minimum Gasteiger partial charge on any atom is -0.479 e. The number of ketones is 1. The molecule has 0 bridgehead atoms. The van der Waals surface area contributed by atoms with E-state index in [0.717, 1.165) is 0 Å². The van der Waals surface area contributed by atoms with Gasteiger partial charge in [-0.3, -0.25) is 4.79 Å². The van der Waals surface area contributed by atoms with Crippen LogP contribution in [0.3, 0.4) is 0 Å². The first-order valence-corrected chi connectivity index (χ1v) is 6.16. The van der Waals surface area contributed by atoms with E-state index in [-0.39, 0.29) is 10.8 Å². The average molecular weight is 283 g/mol. The Morgan fingerprint density at radius 1 is 1.47 bits per heavy atom. The van der Waals surface area contributed by atoms with E-state index in [9.17, 15) is 9.59 Å². The lowest BCUT2D eigenvalue weighted by atomic mass is 10.0. The highest BCUT2D eigenvalue weighted by Gasteiger charge is 2.16. The first-order valence-electron chi connectivity index (χ1n) is 5.78. The van der Waals surface area contributed by atoms with Gasteiger partial charge in [0.2, 0.25) is 0 Å². The smallest absolute Gasteiger partial charge is 0.344 e. The van der Waals surface area contributed by atoms with Gasteiger partial charge in [0.15, 0.2) is 11.9 Å². The molecular weight excluding hydrogens is 268 g/mol. The molecule has 4 nitrogen and oxygen atoms in total. The number of ether oxygens (including phenoxy) is 1. The first kappa shape index (κ1) is 15.2. The van der Waals surface area contributed by atoms with Crippen LogP contribution in [-0.4, -0.2) is 23.0 Å². The number of hydrogen-bond donors (Lipinski definition) is 1. The Kier molecular flexibility index (Phi) is 5.12. The molecule has 1 unspecified atom stereocenters. The number of aliphatic carboxylic acids is 1. The molecule has 1 aromatic rings. The van der Waals surface area contributed by atoms with Crippen molar-refractivity contribution in [3.05, 3.63) is 40.9 Å². The molecule has 0 aromatic heterocycles. The van der Waals surface area contributed by atoms with Crippen LogP contribution in [0.1, 0.15) is 30.6 Å². The maximum absolute atomic E-state index is 11.9. The van der Waals surface area contributed by atoms with Crippen molar-refractivity contribution in [1.82, 2.24) is 0 Å². The van der Waals surface area contributed by atoms with Crippen molar-refractivity contribution in [2.75, 3.05) is 0 Å². The Morgan fingerprint density at radius 3 is 2.58 bits per heavy atom. The molecule has 102 valence electrons. The highest BCUT2D eigenvalue weighted by molar-refractivity contribution is 6.35. The van der Waals surface area contributed by atoms with Crippen molar-refractivity contribution in [1.29, 1.82) is 0 Å². The number of Topliss-reactive ketones (excluding diaryl/α,β-unsaturated/α-hetero) is 1. The van der Waals surface area contributed by atoms with Crippen LogP contribution in [-0.2, 0) is 4.79 Å². The van der Waals surface area contributed by atoms with Crippen molar-refractivity contribution in [2.45, 2.75) is 26.4 Å². The Balaban J connectivity index is 2.95. The number of benzene rings is 1. The largest absolute Gasteiger partial charge is 0.479 e. The van der Waals surface area contributed by atoms with Crippen LogP contribution in [0.2, 0.25) is 5.02 Å². The summed E-state index contributed by atoms with van der Waals surface area (Å²) in [5.74, 6) is -0.987. The Hall–Kier alpha value is -1.81. The molecule has 0 heterocycles. The van der Waals surface area contributed by atoms with E-state index in [2.05, 4.69) is 6.58 Å². The van der Waals surface area contributed by atoms with Crippen LogP contribution in [0, 0.1) is 0 Å². The Bertz CT molecular complexity index is 522. The van der Waals surface area contributed by atoms with Crippen LogP contribution < -0.4 is 4.74 Å². The van der Waals surface area contributed by atoms with E-state index in [1.807, 2.05) is 6.92 Å². The normalized spacial score (nSPS) is 11.7. The Labute approximate surface area is 116 Å². The van der Waals surface area contributed by atoms with Crippen molar-refractivity contribution in [2.24, 2.45) is 0 Å². The van der Waals surface area contributed by atoms with Crippen LogP contribution in [0.4, 0.5) is 0 Å². The second kappa shape index (κ2) is 6.38. The number of carbonyl (C=O) groups is 2. The molecular formula is C14H15ClO4. The van der Waals surface area contributed by atoms with Gasteiger partial charge in [-0.05, 0) is 37.1 Å². The van der Waals surface area contributed by atoms with Gasteiger partial charge in [0, 0.05) is 5.56 Å². The quantitative estimate of drug-likeness (QED) is 0.642. The lowest BCUT2D eigenvalue weighted by Crippen LogP contribution is -2.22. The van der Waals surface area contributed by atoms with Gasteiger partial charge in [0.1, 0.15) is 5.75 Å². The van der Waals surface area contributed by atoms with Crippen LogP contribution >= 0.6 is 11.6 Å². The summed E-state index contributed by atoms with van der Waals surface area (Å²) < 4.78 is 5.16. The summed E-state index contributed by atoms with van der Waals surface area (Å²) in [6.45, 7) is 6.91. The highest BCUT2D eigenvalue weighted by Crippen LogP contribution is 2.25. The molecule has 0 aliphatic carbocycles. The minimum atomic E-state index is -1.07. The molecule has 19 heavy (non-hydrogen) atoms. The van der Waals surface area contributed by atoms with E-state index >= 15 is 0 Å². The van der Waals surface area contributed by atoms with Crippen molar-refractivity contribution in [3.63, 3.8) is 0 Å². The molecule has 0 radical (unpaired) electrons. The van der Waals surface area contributed by atoms with Gasteiger partial charge in [-0.2, -0.15) is 0 Å². The summed E-state index contributed by atoms with van der Waals surface area (Å²) in [6.07, 6.45) is -0.438. The average Bonchev–Trinajstić information content (AvgIpc) is 2.37. The zero-order valence-corrected chi connectivity index (χ0v) is 11.5. The lowest BCUT2D eigenvalue weighted by molar-refractivity contribution is -0.144. The number of carboxylic acid groups (broad SMARTS) is 1. The first-order chi connectivity index (χ1) is 8.86. The number of carbonyl (C=O) groups excluding carboxylic acids is 1. The topological polar surface area (TPSA) is 63.6 Å². The van der Waals surface area contributed by atoms with Crippen LogP contribution in [0.25, 0.3) is 0 Å². The molecule has 0 fully saturated rings. The van der Waals surface area contributed by atoms with E-state index in [4.69, 9.17) is 21.4 Å². The van der Waals surface area contributed by atoms with E-state index in [1.54, 1.807) is 0 Å². The molecule has 0 aliphatic rings. The molecule has 0 saturated carbocycles. The number of hydrogen-bond acceptors (Lipinski definition) is 3. The van der Waals surface area contributed by atoms with Crippen LogP contribution in [0.5, 0.6) is 5.75 Å². The maximum atomic E-state index is 11.9. The second-order valence-electron chi connectivity index (χ2n) is 4.03. The fourth-order valence-corrected chi connectivity index (χ4v) is 1.62. The predicted octanol–water partition coefficient (Wildman–Crippen LogP) is 3.34. The van der Waals surface area contributed by atoms with E-state index < -0.39 is 12.1 Å². The molecule has 1 rings (SSSR count). The number of halogens is 1. The molecule has 0 aliphatic heterocycles. The molecule has 5 heteroatoms. The van der Waals surface area contributed by atoms with Crippen LogP contribution in [0.15, 0.2) is 30.4 Å². The summed E-state index contributed by atoms with van der Waals surface area (Å²) in [6, 6.07) is 4.45. The highest BCUT2D eigenvalue weighted by atomic mass is 35.5. The van der Waals surface area contributed by atoms with Crippen molar-refractivity contribution < 1.29 is 19.4 Å². The van der Waals surface area contributed by atoms with Crippen molar-refractivity contribution >= 4 is 23.4 Å². The van der Waals surface area contributed by atoms with E-state index in [1.165, 1.54) is 25.1 Å². The van der Waals surface area contributed by atoms with Gasteiger partial charge in [-0.1, -0.05) is 25.1 Å². The van der Waals surface area contributed by atoms with Gasteiger partial charge < -0.3 is 9.84 Å². The minimum absolute atomic E-state index is 0.217. The third-order valence-corrected chi connectivity index (χ3v) is 2.91. The van der Waals surface area contributed by atoms with Gasteiger partial charge in [0.05, 0.1) is 5.02 Å². The summed E-state index contributed by atoms with van der Waals surface area (Å²) >= 11 is 6.00. The Morgan fingerprint density at radius 2 is 2.11 bits per heavy atom. The standard InChI is InChI=1S/C14H15ClO4/c1-4-8(2)13(16)11-6-5-10(7-12(11)15)19-9(3)14(17)18/h5-7,9H,2,4H2,1,3H3,(H,17,18). The molecule has 0 saturated heterocycles. The number of allylic oxidation sites excluding steroid dienone is 1. The fourth-order valence-electron chi connectivity index (χ4n) is 1.36. The molecule has 0 amide bonds. The third-order valence-electron chi connectivity index (χ3n) is 2.59. The number of rotatable bonds is 6. The van der Waals surface area contributed by atoms with Gasteiger partial charge in [0.25, 0.3) is 0 Å². The third kappa shape index (κ3) is 3.83. The van der Waals surface area contributed by atoms with Crippen molar-refractivity contribution in [3.8, 4) is 5.75 Å². The summed E-state index contributed by atoms with van der Waals surface area (Å²) in [5, 5.41) is 8.95. The van der Waals surface area contributed by atoms with Gasteiger partial charge in [-0.15, -0.1) is 0 Å². The molecule has 0 spiro atoms. The number of carboxylic acids is 1. The van der Waals surface area contributed by atoms with E-state index in [0.29, 0.717) is 23.3 Å². The summed E-state index contributed by atoms with van der Waals surface area (Å²) in [4.78, 5) is 22.6. The van der Waals surface area contributed by atoms with Gasteiger partial charge in [-0.25, -0.2) is 4.79 Å². The lowest BCUT2D eigenvalue weighted by Gasteiger charge is -2.12. The SMILES string of the molecule is C=C(CC)C(=O)c1ccc(OC(C)C(=O)O)cc1Cl. The zero-order chi connectivity index (χ0) is 14.6. The predicted molar refractivity (Wildman–Crippen MR) is 72.9 cm³/mol. The fraction of sp³-hybridized carbons (Fsp3) is 0.286. The second-order valence-corrected chi connectivity index (χ2v) is 4.43. The summed E-state index contributed by atoms with van der Waals surface area (Å²) in [5.41, 5.74) is 0.804. The van der Waals surface area contributed by atoms with Gasteiger partial charge >= 0.3 is 5.97 Å². The summed E-state index contributed by atoms with van der Waals surface area (Å²) in [7, 11) is 0.